The Morgan fingerprint density at radius 2 is 2.05 bits per heavy atom. The molecule has 108 valence electrons. The quantitative estimate of drug-likeness (QED) is 0.671. The molecule has 0 saturated heterocycles. The second-order valence-corrected chi connectivity index (χ2v) is 5.57. The van der Waals surface area contributed by atoms with E-state index in [1.165, 1.54) is 11.1 Å². The molecule has 1 N–H and O–H groups in total. The molecular formula is C17H18N2O2. The van der Waals surface area contributed by atoms with Crippen LogP contribution in [0.5, 0.6) is 0 Å². The number of benzene rings is 2. The van der Waals surface area contributed by atoms with Gasteiger partial charge in [-0.05, 0) is 48.9 Å². The first-order chi connectivity index (χ1) is 10.1. The van der Waals surface area contributed by atoms with Crippen molar-refractivity contribution in [3.8, 4) is 0 Å². The van der Waals surface area contributed by atoms with Crippen molar-refractivity contribution >= 4 is 11.4 Å². The molecule has 0 bridgehead atoms. The van der Waals surface area contributed by atoms with Gasteiger partial charge in [0.05, 0.1) is 11.0 Å². The second-order valence-electron chi connectivity index (χ2n) is 5.57. The van der Waals surface area contributed by atoms with E-state index in [4.69, 9.17) is 0 Å². The van der Waals surface area contributed by atoms with Crippen LogP contribution in [0.2, 0.25) is 0 Å². The van der Waals surface area contributed by atoms with E-state index >= 15 is 0 Å². The Morgan fingerprint density at radius 3 is 2.86 bits per heavy atom. The molecule has 1 unspecified atom stereocenters. The first-order valence-corrected chi connectivity index (χ1v) is 7.24. The van der Waals surface area contributed by atoms with E-state index in [2.05, 4.69) is 23.5 Å². The van der Waals surface area contributed by atoms with Crippen molar-refractivity contribution < 1.29 is 4.92 Å². The maximum Gasteiger partial charge on any atom is 0.292 e. The molecule has 1 aliphatic carbocycles. The van der Waals surface area contributed by atoms with Crippen molar-refractivity contribution in [1.29, 1.82) is 0 Å². The molecule has 21 heavy (non-hydrogen) atoms. The topological polar surface area (TPSA) is 55.2 Å². The molecule has 1 aliphatic rings. The Hall–Kier alpha value is -2.36. The molecule has 0 saturated carbocycles. The molecule has 2 aromatic carbocycles. The van der Waals surface area contributed by atoms with E-state index in [0.717, 1.165) is 24.8 Å². The van der Waals surface area contributed by atoms with E-state index < -0.39 is 0 Å². The zero-order chi connectivity index (χ0) is 14.8. The average molecular weight is 282 g/mol. The lowest BCUT2D eigenvalue weighted by molar-refractivity contribution is -0.384. The summed E-state index contributed by atoms with van der Waals surface area (Å²) in [6.07, 6.45) is 3.20. The Kier molecular flexibility index (Phi) is 3.60. The number of aryl methyl sites for hydroxylation is 2. The van der Waals surface area contributed by atoms with Gasteiger partial charge in [-0.1, -0.05) is 30.3 Å². The summed E-state index contributed by atoms with van der Waals surface area (Å²) in [5.41, 5.74) is 4.26. The van der Waals surface area contributed by atoms with Gasteiger partial charge < -0.3 is 5.32 Å². The molecule has 3 rings (SSSR count). The molecule has 0 aliphatic heterocycles. The van der Waals surface area contributed by atoms with Crippen LogP contribution >= 0.6 is 0 Å². The third kappa shape index (κ3) is 2.75. The van der Waals surface area contributed by atoms with Gasteiger partial charge in [-0.25, -0.2) is 0 Å². The normalized spacial score (nSPS) is 17.1. The SMILES string of the molecule is Cc1ccc(NC2CCCc3ccccc32)c([N+](=O)[O-])c1. The Bertz CT molecular complexity index is 682. The number of nitrogens with one attached hydrogen (secondary N) is 1. The molecule has 0 spiro atoms. The minimum atomic E-state index is -0.315. The number of hydrogen-bond acceptors (Lipinski definition) is 3. The maximum atomic E-state index is 11.2. The summed E-state index contributed by atoms with van der Waals surface area (Å²) in [5.74, 6) is 0. The molecule has 4 nitrogen and oxygen atoms in total. The smallest absolute Gasteiger partial charge is 0.292 e. The highest BCUT2D eigenvalue weighted by atomic mass is 16.6. The summed E-state index contributed by atoms with van der Waals surface area (Å²) in [6, 6.07) is 13.8. The zero-order valence-electron chi connectivity index (χ0n) is 12.0. The van der Waals surface area contributed by atoms with E-state index in [1.807, 2.05) is 25.1 Å². The molecule has 0 radical (unpaired) electrons. The fourth-order valence-electron chi connectivity index (χ4n) is 3.01. The number of anilines is 1. The minimum absolute atomic E-state index is 0.149. The number of nitro benzene ring substituents is 1. The third-order valence-corrected chi connectivity index (χ3v) is 4.05. The van der Waals surface area contributed by atoms with Gasteiger partial charge in [0.25, 0.3) is 5.69 Å². The summed E-state index contributed by atoms with van der Waals surface area (Å²) >= 11 is 0. The van der Waals surface area contributed by atoms with Crippen LogP contribution in [0, 0.1) is 17.0 Å². The van der Waals surface area contributed by atoms with Crippen LogP contribution in [-0.2, 0) is 6.42 Å². The van der Waals surface area contributed by atoms with E-state index in [1.54, 1.807) is 6.07 Å². The summed E-state index contributed by atoms with van der Waals surface area (Å²) < 4.78 is 0. The van der Waals surface area contributed by atoms with Crippen molar-refractivity contribution in [3.63, 3.8) is 0 Å². The highest BCUT2D eigenvalue weighted by Gasteiger charge is 2.22. The Morgan fingerprint density at radius 1 is 1.24 bits per heavy atom. The van der Waals surface area contributed by atoms with Gasteiger partial charge in [-0.3, -0.25) is 10.1 Å². The predicted molar refractivity (Wildman–Crippen MR) is 83.6 cm³/mol. The Balaban J connectivity index is 1.93. The van der Waals surface area contributed by atoms with Crippen LogP contribution < -0.4 is 5.32 Å². The standard InChI is InChI=1S/C17H18N2O2/c1-12-9-10-16(17(11-12)19(20)21)18-15-8-4-6-13-5-2-3-7-14(13)15/h2-3,5,7,9-11,15,18H,4,6,8H2,1H3. The average Bonchev–Trinajstić information content (AvgIpc) is 2.49. The van der Waals surface area contributed by atoms with Gasteiger partial charge >= 0.3 is 0 Å². The second kappa shape index (κ2) is 5.56. The predicted octanol–water partition coefficient (Wildman–Crippen LogP) is 4.39. The molecule has 0 fully saturated rings. The monoisotopic (exact) mass is 282 g/mol. The van der Waals surface area contributed by atoms with Crippen molar-refractivity contribution in [3.05, 3.63) is 69.3 Å². The molecule has 2 aromatic rings. The van der Waals surface area contributed by atoms with Gasteiger partial charge in [0.2, 0.25) is 0 Å². The number of fused-ring (bicyclic) bond motifs is 1. The first kappa shape index (κ1) is 13.6. The molecule has 0 heterocycles. The van der Waals surface area contributed by atoms with E-state index in [9.17, 15) is 10.1 Å². The number of nitrogens with zero attached hydrogens (tertiary/aromatic N) is 1. The van der Waals surface area contributed by atoms with Crippen LogP contribution in [0.3, 0.4) is 0 Å². The van der Waals surface area contributed by atoms with Gasteiger partial charge in [0, 0.05) is 6.07 Å². The summed E-state index contributed by atoms with van der Waals surface area (Å²) in [7, 11) is 0. The zero-order valence-corrected chi connectivity index (χ0v) is 12.0. The van der Waals surface area contributed by atoms with E-state index in [0.29, 0.717) is 5.69 Å². The van der Waals surface area contributed by atoms with Crippen LogP contribution in [0.4, 0.5) is 11.4 Å². The molecular weight excluding hydrogens is 264 g/mol. The third-order valence-electron chi connectivity index (χ3n) is 4.05. The highest BCUT2D eigenvalue weighted by Crippen LogP contribution is 2.35. The largest absolute Gasteiger partial charge is 0.373 e. The van der Waals surface area contributed by atoms with E-state index in [-0.39, 0.29) is 16.7 Å². The highest BCUT2D eigenvalue weighted by molar-refractivity contribution is 5.63. The van der Waals surface area contributed by atoms with Crippen molar-refractivity contribution in [2.24, 2.45) is 0 Å². The van der Waals surface area contributed by atoms with Gasteiger partial charge in [-0.2, -0.15) is 0 Å². The Labute approximate surface area is 124 Å². The van der Waals surface area contributed by atoms with Gasteiger partial charge in [0.1, 0.15) is 5.69 Å². The number of rotatable bonds is 3. The minimum Gasteiger partial charge on any atom is -0.373 e. The molecule has 0 aromatic heterocycles. The van der Waals surface area contributed by atoms with Crippen molar-refractivity contribution in [2.45, 2.75) is 32.2 Å². The van der Waals surface area contributed by atoms with Gasteiger partial charge in [-0.15, -0.1) is 0 Å². The fourth-order valence-corrected chi connectivity index (χ4v) is 3.01. The van der Waals surface area contributed by atoms with Crippen LogP contribution in [-0.4, -0.2) is 4.92 Å². The fraction of sp³-hybridized carbons (Fsp3) is 0.294. The summed E-state index contributed by atoms with van der Waals surface area (Å²) in [4.78, 5) is 10.9. The lowest BCUT2D eigenvalue weighted by Gasteiger charge is -2.27. The molecule has 4 heteroatoms. The van der Waals surface area contributed by atoms with Crippen LogP contribution in [0.25, 0.3) is 0 Å². The van der Waals surface area contributed by atoms with Crippen molar-refractivity contribution in [1.82, 2.24) is 0 Å². The van der Waals surface area contributed by atoms with Crippen molar-refractivity contribution in [2.75, 3.05) is 5.32 Å². The van der Waals surface area contributed by atoms with Gasteiger partial charge in [0.15, 0.2) is 0 Å². The lowest BCUT2D eigenvalue weighted by Crippen LogP contribution is -2.17. The number of hydrogen-bond donors (Lipinski definition) is 1. The summed E-state index contributed by atoms with van der Waals surface area (Å²) in [5, 5.41) is 14.6. The molecule has 1 atom stereocenters. The number of nitro groups is 1. The van der Waals surface area contributed by atoms with Crippen LogP contribution in [0.1, 0.15) is 35.6 Å². The first-order valence-electron chi connectivity index (χ1n) is 7.24. The lowest BCUT2D eigenvalue weighted by atomic mass is 9.87. The summed E-state index contributed by atoms with van der Waals surface area (Å²) in [6.45, 7) is 1.87. The molecule has 0 amide bonds. The maximum absolute atomic E-state index is 11.2. The van der Waals surface area contributed by atoms with Crippen LogP contribution in [0.15, 0.2) is 42.5 Å².